The predicted octanol–water partition coefficient (Wildman–Crippen LogP) is 3.41. The van der Waals surface area contributed by atoms with E-state index in [1.54, 1.807) is 17.3 Å². The molecule has 0 bridgehead atoms. The largest absolute Gasteiger partial charge is 0.371 e. The summed E-state index contributed by atoms with van der Waals surface area (Å²) in [5.41, 5.74) is 3.18. The molecule has 114 valence electrons. The number of halogens is 1. The summed E-state index contributed by atoms with van der Waals surface area (Å²) in [7, 11) is 0. The van der Waals surface area contributed by atoms with Gasteiger partial charge >= 0.3 is 0 Å². The van der Waals surface area contributed by atoms with Crippen LogP contribution in [0.3, 0.4) is 0 Å². The molecule has 7 heteroatoms. The molecule has 0 fully saturated rings. The van der Waals surface area contributed by atoms with E-state index in [1.165, 1.54) is 6.21 Å². The first-order chi connectivity index (χ1) is 11.1. The summed E-state index contributed by atoms with van der Waals surface area (Å²) in [5.74, 6) is 0. The standard InChI is InChI=1S/C16H13BrN6/c1-3-16(23-11(2)6-12(8-19)9-22-23)15-7-14(20-5-4-18)13(17)10-21-15/h3,6-7,9-10H,2,5H2,1H3,(H,20,21)/b16-3-. The van der Waals surface area contributed by atoms with E-state index < -0.39 is 0 Å². The molecular weight excluding hydrogens is 356 g/mol. The van der Waals surface area contributed by atoms with Crippen LogP contribution < -0.4 is 5.32 Å². The second-order valence-corrected chi connectivity index (χ2v) is 5.35. The topological polar surface area (TPSA) is 88.1 Å². The van der Waals surface area contributed by atoms with Gasteiger partial charge in [-0.3, -0.25) is 4.98 Å². The molecule has 2 rings (SSSR count). The fourth-order valence-electron chi connectivity index (χ4n) is 1.98. The first-order valence-electron chi connectivity index (χ1n) is 6.68. The fraction of sp³-hybridized carbons (Fsp3) is 0.125. The third kappa shape index (κ3) is 3.65. The first-order valence-corrected chi connectivity index (χ1v) is 7.48. The monoisotopic (exact) mass is 368 g/mol. The minimum Gasteiger partial charge on any atom is -0.371 e. The van der Waals surface area contributed by atoms with Crippen molar-refractivity contribution in [2.24, 2.45) is 5.10 Å². The van der Waals surface area contributed by atoms with Crippen LogP contribution in [0.2, 0.25) is 0 Å². The van der Waals surface area contributed by atoms with Gasteiger partial charge in [-0.2, -0.15) is 15.6 Å². The summed E-state index contributed by atoms with van der Waals surface area (Å²) < 4.78 is 0.764. The number of hydrogen-bond donors (Lipinski definition) is 1. The average Bonchev–Trinajstić information content (AvgIpc) is 2.56. The predicted molar refractivity (Wildman–Crippen MR) is 92.9 cm³/mol. The van der Waals surface area contributed by atoms with Crippen LogP contribution in [0, 0.1) is 22.7 Å². The quantitative estimate of drug-likeness (QED) is 0.822. The van der Waals surface area contributed by atoms with Crippen LogP contribution in [0.15, 0.2) is 51.8 Å². The molecule has 0 spiro atoms. The van der Waals surface area contributed by atoms with Crippen LogP contribution in [-0.4, -0.2) is 22.8 Å². The van der Waals surface area contributed by atoms with Gasteiger partial charge in [0.1, 0.15) is 12.6 Å². The molecule has 0 aromatic carbocycles. The molecule has 1 aromatic heterocycles. The molecule has 1 aromatic rings. The van der Waals surface area contributed by atoms with Crippen molar-refractivity contribution in [3.8, 4) is 12.1 Å². The van der Waals surface area contributed by atoms with Crippen molar-refractivity contribution in [1.29, 1.82) is 10.5 Å². The molecule has 1 N–H and O–H groups in total. The molecule has 0 saturated heterocycles. The second-order valence-electron chi connectivity index (χ2n) is 4.49. The summed E-state index contributed by atoms with van der Waals surface area (Å²) in [5, 5.41) is 26.5. The van der Waals surface area contributed by atoms with Gasteiger partial charge in [-0.25, -0.2) is 5.01 Å². The zero-order chi connectivity index (χ0) is 16.8. The average molecular weight is 369 g/mol. The van der Waals surface area contributed by atoms with E-state index >= 15 is 0 Å². The van der Waals surface area contributed by atoms with Crippen LogP contribution in [0.5, 0.6) is 0 Å². The molecule has 0 saturated carbocycles. The van der Waals surface area contributed by atoms with E-state index in [0.29, 0.717) is 17.0 Å². The SMILES string of the molecule is C=C1C=C(C#N)C=NN1/C(=C\C)c1cc(NCC#N)c(Br)cn1. The number of aromatic nitrogens is 1. The van der Waals surface area contributed by atoms with Crippen LogP contribution in [0.25, 0.3) is 5.70 Å². The maximum Gasteiger partial charge on any atom is 0.103 e. The van der Waals surface area contributed by atoms with Crippen LogP contribution >= 0.6 is 15.9 Å². The number of hydrogen-bond acceptors (Lipinski definition) is 6. The summed E-state index contributed by atoms with van der Waals surface area (Å²) in [6.45, 7) is 5.99. The number of rotatable bonds is 4. The molecule has 23 heavy (non-hydrogen) atoms. The van der Waals surface area contributed by atoms with E-state index in [0.717, 1.165) is 15.9 Å². The molecule has 1 aliphatic heterocycles. The number of allylic oxidation sites excluding steroid dienone is 3. The first kappa shape index (κ1) is 16.5. The van der Waals surface area contributed by atoms with Crippen LogP contribution in [0.4, 0.5) is 5.69 Å². The molecule has 0 unspecified atom stereocenters. The highest BCUT2D eigenvalue weighted by Gasteiger charge is 2.18. The van der Waals surface area contributed by atoms with Gasteiger partial charge in [0, 0.05) is 6.20 Å². The van der Waals surface area contributed by atoms with E-state index in [2.05, 4.69) is 37.9 Å². The van der Waals surface area contributed by atoms with Gasteiger partial charge in [-0.05, 0) is 35.0 Å². The van der Waals surface area contributed by atoms with Crippen LogP contribution in [-0.2, 0) is 0 Å². The van der Waals surface area contributed by atoms with Gasteiger partial charge in [-0.1, -0.05) is 12.7 Å². The normalized spacial score (nSPS) is 14.1. The minimum absolute atomic E-state index is 0.191. The Hall–Kier alpha value is -2.90. The van der Waals surface area contributed by atoms with Gasteiger partial charge in [0.2, 0.25) is 0 Å². The molecule has 0 amide bonds. The Morgan fingerprint density at radius 1 is 1.52 bits per heavy atom. The lowest BCUT2D eigenvalue weighted by molar-refractivity contribution is 0.537. The lowest BCUT2D eigenvalue weighted by Gasteiger charge is -2.24. The van der Waals surface area contributed by atoms with Crippen molar-refractivity contribution in [2.45, 2.75) is 6.92 Å². The molecule has 0 atom stereocenters. The van der Waals surface area contributed by atoms with Gasteiger partial charge in [-0.15, -0.1) is 0 Å². The second kappa shape index (κ2) is 7.39. The Bertz CT molecular complexity index is 807. The van der Waals surface area contributed by atoms with Gasteiger partial charge in [0.15, 0.2) is 0 Å². The Morgan fingerprint density at radius 2 is 2.30 bits per heavy atom. The van der Waals surface area contributed by atoms with E-state index in [4.69, 9.17) is 10.5 Å². The van der Waals surface area contributed by atoms with Crippen molar-refractivity contribution in [3.05, 3.63) is 52.4 Å². The Balaban J connectivity index is 2.35. The Kier molecular flexibility index (Phi) is 5.29. The van der Waals surface area contributed by atoms with Crippen molar-refractivity contribution in [2.75, 3.05) is 11.9 Å². The molecule has 0 aliphatic carbocycles. The minimum atomic E-state index is 0.191. The highest BCUT2D eigenvalue weighted by Crippen LogP contribution is 2.29. The summed E-state index contributed by atoms with van der Waals surface area (Å²) in [4.78, 5) is 4.39. The van der Waals surface area contributed by atoms with E-state index in [9.17, 15) is 0 Å². The Labute approximate surface area is 142 Å². The zero-order valence-corrected chi connectivity index (χ0v) is 14.0. The fourth-order valence-corrected chi connectivity index (χ4v) is 2.33. The molecular formula is C16H13BrN6. The number of anilines is 1. The highest BCUT2D eigenvalue weighted by molar-refractivity contribution is 9.10. The van der Waals surface area contributed by atoms with Crippen molar-refractivity contribution < 1.29 is 0 Å². The maximum absolute atomic E-state index is 8.92. The molecule has 2 heterocycles. The number of pyridine rings is 1. The summed E-state index contributed by atoms with van der Waals surface area (Å²) in [6.07, 6.45) is 6.65. The lowest BCUT2D eigenvalue weighted by atomic mass is 10.2. The zero-order valence-electron chi connectivity index (χ0n) is 12.4. The third-order valence-corrected chi connectivity index (χ3v) is 3.64. The van der Waals surface area contributed by atoms with Crippen molar-refractivity contribution in [3.63, 3.8) is 0 Å². The Morgan fingerprint density at radius 3 is 2.91 bits per heavy atom. The van der Waals surface area contributed by atoms with E-state index in [-0.39, 0.29) is 6.54 Å². The number of nitrogens with zero attached hydrogens (tertiary/aromatic N) is 5. The molecule has 0 radical (unpaired) electrons. The number of nitrogens with one attached hydrogen (secondary N) is 1. The van der Waals surface area contributed by atoms with E-state index in [1.807, 2.05) is 31.2 Å². The number of hydrazone groups is 1. The smallest absolute Gasteiger partial charge is 0.103 e. The maximum atomic E-state index is 8.92. The van der Waals surface area contributed by atoms with Gasteiger partial charge < -0.3 is 5.32 Å². The van der Waals surface area contributed by atoms with Crippen LogP contribution in [0.1, 0.15) is 12.6 Å². The molecule has 6 nitrogen and oxygen atoms in total. The van der Waals surface area contributed by atoms with Gasteiger partial charge in [0.05, 0.1) is 45.1 Å². The van der Waals surface area contributed by atoms with Crippen molar-refractivity contribution >= 4 is 33.5 Å². The summed E-state index contributed by atoms with van der Waals surface area (Å²) in [6, 6.07) is 5.89. The van der Waals surface area contributed by atoms with Gasteiger partial charge in [0.25, 0.3) is 0 Å². The number of nitriles is 2. The lowest BCUT2D eigenvalue weighted by Crippen LogP contribution is -2.18. The van der Waals surface area contributed by atoms with Crippen molar-refractivity contribution in [1.82, 2.24) is 9.99 Å². The molecule has 1 aliphatic rings. The highest BCUT2D eigenvalue weighted by atomic mass is 79.9. The third-order valence-electron chi connectivity index (χ3n) is 3.01. The summed E-state index contributed by atoms with van der Waals surface area (Å²) >= 11 is 3.40.